The zero-order chi connectivity index (χ0) is 52.0. The summed E-state index contributed by atoms with van der Waals surface area (Å²) in [5, 5.41) is 0. The highest BCUT2D eigenvalue weighted by atomic mass is 15.3. The van der Waals surface area contributed by atoms with Gasteiger partial charge in [-0.05, 0) is 186 Å². The molecule has 4 heteroatoms. The minimum atomic E-state index is -0.185. The lowest BCUT2D eigenvalue weighted by Gasteiger charge is -2.42. The lowest BCUT2D eigenvalue weighted by atomic mass is 9.67. The van der Waals surface area contributed by atoms with Crippen LogP contribution in [0, 0.1) is 5.92 Å². The molecule has 0 aromatic heterocycles. The Morgan fingerprint density at radius 3 is 1.64 bits per heavy atom. The predicted molar refractivity (Wildman–Crippen MR) is 325 cm³/mol. The molecule has 1 fully saturated rings. The fourth-order valence-electron chi connectivity index (χ4n) is 14.3. The molecule has 1 atom stereocenters. The summed E-state index contributed by atoms with van der Waals surface area (Å²) in [6, 6.07) is 57.7. The third kappa shape index (κ3) is 7.47. The van der Waals surface area contributed by atoms with Crippen molar-refractivity contribution < 1.29 is 0 Å². The molecule has 2 aliphatic heterocycles. The van der Waals surface area contributed by atoms with Crippen LogP contribution in [0.5, 0.6) is 0 Å². The quantitative estimate of drug-likeness (QED) is 0.148. The molecule has 7 aromatic rings. The van der Waals surface area contributed by atoms with Crippen LogP contribution in [0.3, 0.4) is 0 Å². The summed E-state index contributed by atoms with van der Waals surface area (Å²) in [4.78, 5) is 9.93. The minimum Gasteiger partial charge on any atom is -0.310 e. The van der Waals surface area contributed by atoms with Crippen molar-refractivity contribution in [1.82, 2.24) is 0 Å². The molecule has 4 nitrogen and oxygen atoms in total. The van der Waals surface area contributed by atoms with E-state index in [4.69, 9.17) is 0 Å². The van der Waals surface area contributed by atoms with Gasteiger partial charge in [0.1, 0.15) is 0 Å². The largest absolute Gasteiger partial charge is 0.310 e. The lowest BCUT2D eigenvalue weighted by molar-refractivity contribution is 0.353. The van der Waals surface area contributed by atoms with Crippen molar-refractivity contribution in [2.75, 3.05) is 19.6 Å². The van der Waals surface area contributed by atoms with Crippen LogP contribution in [0.2, 0.25) is 0 Å². The third-order valence-corrected chi connectivity index (χ3v) is 17.9. The normalized spacial score (nSPS) is 19.3. The van der Waals surface area contributed by atoms with E-state index in [1.807, 2.05) is 0 Å². The highest BCUT2D eigenvalue weighted by Gasteiger charge is 2.45. The summed E-state index contributed by atoms with van der Waals surface area (Å²) < 4.78 is 0. The minimum absolute atomic E-state index is 0.0195. The van der Waals surface area contributed by atoms with E-state index in [2.05, 4.69) is 273 Å². The predicted octanol–water partition coefficient (Wildman–Crippen LogP) is 19.7. The van der Waals surface area contributed by atoms with Gasteiger partial charge < -0.3 is 19.6 Å². The van der Waals surface area contributed by atoms with Crippen molar-refractivity contribution in [3.63, 3.8) is 0 Å². The molecule has 0 radical (unpaired) electrons. The molecular formula is C73H66N4. The van der Waals surface area contributed by atoms with E-state index in [1.54, 1.807) is 0 Å². The van der Waals surface area contributed by atoms with Crippen molar-refractivity contribution in [2.24, 2.45) is 5.92 Å². The summed E-state index contributed by atoms with van der Waals surface area (Å²) in [5.74, 6) is 0.494. The Morgan fingerprint density at radius 1 is 0.506 bits per heavy atom. The van der Waals surface area contributed by atoms with Gasteiger partial charge in [0.25, 0.3) is 0 Å². The molecular weight excluding hydrogens is 933 g/mol. The molecule has 1 unspecified atom stereocenters. The smallest absolute Gasteiger partial charge is 0.0703 e. The molecule has 77 heavy (non-hydrogen) atoms. The first-order chi connectivity index (χ1) is 37.7. The number of hydrogen-bond acceptors (Lipinski definition) is 4. The van der Waals surface area contributed by atoms with Gasteiger partial charge in [-0.25, -0.2) is 0 Å². The first-order valence-corrected chi connectivity index (χ1v) is 28.2. The maximum absolute atomic E-state index is 2.57. The maximum atomic E-state index is 2.57. The molecule has 2 heterocycles. The van der Waals surface area contributed by atoms with E-state index in [1.165, 1.54) is 156 Å². The topological polar surface area (TPSA) is 13.0 Å². The SMILES string of the molecule is CC=CC1=C(C)N(c2ccc3c(c2)C(C)(C)c2cc(C=Cc4ccc5c(c4)C4(CCCCC4)c4cc(N6C7=C(C=CCC=C7)N(c7ccccc7)c7ccccc76)ccc4-5)ccc2-3)c2ccccc2N1C1=CC=CC(C)C1. The fraction of sp³-hybridized carbons (Fsp3) is 0.205. The molecule has 5 aliphatic carbocycles. The van der Waals surface area contributed by atoms with E-state index >= 15 is 0 Å². The van der Waals surface area contributed by atoms with Crippen molar-refractivity contribution >= 4 is 52.0 Å². The van der Waals surface area contributed by atoms with Crippen LogP contribution in [0.25, 0.3) is 34.4 Å². The average Bonchev–Trinajstić information content (AvgIpc) is 3.68. The number of anilines is 7. The first kappa shape index (κ1) is 47.1. The van der Waals surface area contributed by atoms with Gasteiger partial charge in [0, 0.05) is 39.3 Å². The Labute approximate surface area is 456 Å². The van der Waals surface area contributed by atoms with Gasteiger partial charge in [0.05, 0.1) is 39.8 Å². The monoisotopic (exact) mass is 999 g/mol. The van der Waals surface area contributed by atoms with Gasteiger partial charge in [-0.3, -0.25) is 0 Å². The molecule has 7 aliphatic rings. The van der Waals surface area contributed by atoms with Gasteiger partial charge in [-0.2, -0.15) is 0 Å². The molecule has 7 aromatic carbocycles. The molecule has 378 valence electrons. The molecule has 0 N–H and O–H groups in total. The van der Waals surface area contributed by atoms with Crippen LogP contribution in [0.15, 0.2) is 235 Å². The summed E-state index contributed by atoms with van der Waals surface area (Å²) >= 11 is 0. The zero-order valence-electron chi connectivity index (χ0n) is 45.1. The number of para-hydroxylation sites is 5. The summed E-state index contributed by atoms with van der Waals surface area (Å²) in [6.45, 7) is 11.5. The summed E-state index contributed by atoms with van der Waals surface area (Å²) in [5.41, 5.74) is 28.1. The van der Waals surface area contributed by atoms with E-state index in [0.717, 1.165) is 12.8 Å². The van der Waals surface area contributed by atoms with Crippen LogP contribution in [0.1, 0.15) is 113 Å². The van der Waals surface area contributed by atoms with E-state index in [0.29, 0.717) is 5.92 Å². The Bertz CT molecular complexity index is 3820. The number of allylic oxidation sites excluding steroid dienone is 11. The Hall–Kier alpha value is -8.34. The Morgan fingerprint density at radius 2 is 1.01 bits per heavy atom. The second-order valence-electron chi connectivity index (χ2n) is 22.8. The van der Waals surface area contributed by atoms with E-state index < -0.39 is 0 Å². The highest BCUT2D eigenvalue weighted by molar-refractivity contribution is 5.94. The Balaban J connectivity index is 0.782. The second kappa shape index (κ2) is 18.4. The molecule has 0 bridgehead atoms. The van der Waals surface area contributed by atoms with Gasteiger partial charge in [0.15, 0.2) is 0 Å². The number of rotatable bonds is 7. The number of hydrogen-bond donors (Lipinski definition) is 0. The second-order valence-corrected chi connectivity index (χ2v) is 22.8. The average molecular weight is 999 g/mol. The fourth-order valence-corrected chi connectivity index (χ4v) is 14.3. The summed E-state index contributed by atoms with van der Waals surface area (Å²) in [6.07, 6.45) is 33.3. The first-order valence-electron chi connectivity index (χ1n) is 28.2. The van der Waals surface area contributed by atoms with Crippen LogP contribution in [-0.2, 0) is 10.8 Å². The Kier molecular flexibility index (Phi) is 11.3. The molecule has 0 amide bonds. The van der Waals surface area contributed by atoms with Crippen molar-refractivity contribution in [2.45, 2.75) is 90.4 Å². The van der Waals surface area contributed by atoms with Crippen LogP contribution >= 0.6 is 0 Å². The number of fused-ring (bicyclic) bond motifs is 10. The highest BCUT2D eigenvalue weighted by Crippen LogP contribution is 2.59. The molecule has 0 saturated heterocycles. The zero-order valence-corrected chi connectivity index (χ0v) is 45.1. The van der Waals surface area contributed by atoms with Crippen LogP contribution in [-0.4, -0.2) is 0 Å². The standard InChI is InChI=1S/C73H66N4/c1-6-21-65-50(3)74(66-28-14-15-29-67(66)76(65)54-25-20-22-49(2)44-54)55-36-40-58-57-38-34-51(45-61(57)72(4,5)62(58)47-55)32-33-52-35-39-59-60-41-37-56(48-64(60)73(63(59)46-52)42-18-9-19-43-73)77-70-27-13-8-12-26-68(70)75(53-23-10-7-11-24-53)69-30-16-17-31-71(69)77/h6-7,10-17,20-41,45-49H,8-9,18-19,42-44H2,1-5H3. The van der Waals surface area contributed by atoms with Crippen LogP contribution in [0.4, 0.5) is 39.8 Å². The molecule has 1 saturated carbocycles. The van der Waals surface area contributed by atoms with E-state index in [-0.39, 0.29) is 10.8 Å². The molecule has 14 rings (SSSR count). The van der Waals surface area contributed by atoms with Gasteiger partial charge in [-0.1, -0.05) is 174 Å². The third-order valence-electron chi connectivity index (χ3n) is 17.9. The van der Waals surface area contributed by atoms with Gasteiger partial charge in [-0.15, -0.1) is 0 Å². The van der Waals surface area contributed by atoms with E-state index in [9.17, 15) is 0 Å². The maximum Gasteiger partial charge on any atom is 0.0703 e. The van der Waals surface area contributed by atoms with Crippen LogP contribution < -0.4 is 19.6 Å². The summed E-state index contributed by atoms with van der Waals surface area (Å²) in [7, 11) is 0. The molecule has 1 spiro atoms. The number of benzene rings is 7. The van der Waals surface area contributed by atoms with Crippen molar-refractivity contribution in [3.05, 3.63) is 268 Å². The van der Waals surface area contributed by atoms with Crippen molar-refractivity contribution in [1.29, 1.82) is 0 Å². The van der Waals surface area contributed by atoms with Gasteiger partial charge in [0.2, 0.25) is 0 Å². The van der Waals surface area contributed by atoms with Gasteiger partial charge >= 0.3 is 0 Å². The van der Waals surface area contributed by atoms with Crippen molar-refractivity contribution in [3.8, 4) is 22.3 Å². The number of nitrogens with zero attached hydrogens (tertiary/aromatic N) is 4. The lowest BCUT2D eigenvalue weighted by Crippen LogP contribution is -2.33.